The minimum atomic E-state index is -1.15. The molecule has 1 unspecified atom stereocenters. The Morgan fingerprint density at radius 3 is 2.81 bits per heavy atom. The van der Waals surface area contributed by atoms with E-state index in [0.29, 0.717) is 17.5 Å². The Balaban J connectivity index is 1.58. The van der Waals surface area contributed by atoms with Crippen molar-refractivity contribution in [2.24, 2.45) is 16.6 Å². The van der Waals surface area contributed by atoms with Crippen molar-refractivity contribution >= 4 is 29.4 Å². The number of rotatable bonds is 6. The maximum Gasteiger partial charge on any atom is 0.257 e. The van der Waals surface area contributed by atoms with Crippen molar-refractivity contribution in [2.75, 3.05) is 6.54 Å². The second kappa shape index (κ2) is 8.30. The third-order valence-corrected chi connectivity index (χ3v) is 5.63. The van der Waals surface area contributed by atoms with Crippen LogP contribution < -0.4 is 11.1 Å². The molecule has 6 nitrogen and oxygen atoms in total. The zero-order chi connectivity index (χ0) is 19.4. The molecule has 2 amide bonds. The van der Waals surface area contributed by atoms with Gasteiger partial charge in [0.2, 0.25) is 5.91 Å². The Labute approximate surface area is 165 Å². The van der Waals surface area contributed by atoms with Crippen LogP contribution in [0.1, 0.15) is 51.0 Å². The lowest BCUT2D eigenvalue weighted by molar-refractivity contribution is -0.134. The second-order valence-corrected chi connectivity index (χ2v) is 8.19. The first kappa shape index (κ1) is 19.7. The fraction of sp³-hybridized carbons (Fsp3) is 0.550. The summed E-state index contributed by atoms with van der Waals surface area (Å²) in [4.78, 5) is 31.0. The number of hydrogen-bond acceptors (Lipinski definition) is 4. The molecule has 0 aromatic heterocycles. The van der Waals surface area contributed by atoms with Crippen LogP contribution in [0.3, 0.4) is 0 Å². The summed E-state index contributed by atoms with van der Waals surface area (Å²) in [6.07, 6.45) is 6.08. The molecule has 27 heavy (non-hydrogen) atoms. The van der Waals surface area contributed by atoms with Gasteiger partial charge in [0.25, 0.3) is 5.91 Å². The van der Waals surface area contributed by atoms with E-state index in [1.165, 1.54) is 24.2 Å². The highest BCUT2D eigenvalue weighted by Crippen LogP contribution is 2.27. The first-order valence-corrected chi connectivity index (χ1v) is 9.93. The van der Waals surface area contributed by atoms with E-state index in [1.807, 2.05) is 12.1 Å². The summed E-state index contributed by atoms with van der Waals surface area (Å²) in [5, 5.41) is 3.57. The zero-order valence-electron chi connectivity index (χ0n) is 15.7. The lowest BCUT2D eigenvalue weighted by Crippen LogP contribution is -2.45. The molecule has 1 aromatic rings. The predicted molar refractivity (Wildman–Crippen MR) is 106 cm³/mol. The van der Waals surface area contributed by atoms with Crippen molar-refractivity contribution in [3.05, 3.63) is 34.9 Å². The van der Waals surface area contributed by atoms with Gasteiger partial charge in [0.1, 0.15) is 5.54 Å². The Hall–Kier alpha value is -2.08. The summed E-state index contributed by atoms with van der Waals surface area (Å²) in [5.74, 6) is 0.274. The number of nitrogens with two attached hydrogens (primary N) is 1. The monoisotopic (exact) mass is 390 g/mol. The van der Waals surface area contributed by atoms with E-state index in [0.717, 1.165) is 18.4 Å². The van der Waals surface area contributed by atoms with E-state index in [2.05, 4.69) is 10.3 Å². The van der Waals surface area contributed by atoms with Crippen LogP contribution in [0.15, 0.2) is 29.3 Å². The Morgan fingerprint density at radius 2 is 2.11 bits per heavy atom. The van der Waals surface area contributed by atoms with Crippen molar-refractivity contribution in [1.29, 1.82) is 0 Å². The van der Waals surface area contributed by atoms with Crippen LogP contribution in [0.5, 0.6) is 0 Å². The molecule has 146 valence electrons. The van der Waals surface area contributed by atoms with Crippen molar-refractivity contribution < 1.29 is 9.59 Å². The third-order valence-electron chi connectivity index (χ3n) is 5.39. The molecule has 0 saturated heterocycles. The van der Waals surface area contributed by atoms with Gasteiger partial charge in [-0.25, -0.2) is 4.99 Å². The molecule has 7 heteroatoms. The molecule has 0 radical (unpaired) electrons. The van der Waals surface area contributed by atoms with E-state index in [9.17, 15) is 9.59 Å². The van der Waals surface area contributed by atoms with Gasteiger partial charge in [-0.05, 0) is 43.4 Å². The number of nitrogens with one attached hydrogen (secondary N) is 1. The van der Waals surface area contributed by atoms with Gasteiger partial charge >= 0.3 is 0 Å². The first-order chi connectivity index (χ1) is 12.9. The molecular weight excluding hydrogens is 364 g/mol. The molecule has 1 heterocycles. The fourth-order valence-electron chi connectivity index (χ4n) is 3.87. The van der Waals surface area contributed by atoms with Gasteiger partial charge in [0.15, 0.2) is 5.96 Å². The Kier molecular flexibility index (Phi) is 6.05. The van der Waals surface area contributed by atoms with E-state index in [1.54, 1.807) is 19.1 Å². The van der Waals surface area contributed by atoms with E-state index < -0.39 is 5.54 Å². The largest absolute Gasteiger partial charge is 0.369 e. The van der Waals surface area contributed by atoms with Crippen LogP contribution in [-0.2, 0) is 16.1 Å². The fourth-order valence-corrected chi connectivity index (χ4v) is 4.08. The van der Waals surface area contributed by atoms with Gasteiger partial charge in [-0.2, -0.15) is 0 Å². The summed E-state index contributed by atoms with van der Waals surface area (Å²) in [6, 6.07) is 7.26. The summed E-state index contributed by atoms with van der Waals surface area (Å²) in [6.45, 7) is 2.63. The lowest BCUT2D eigenvalue weighted by Gasteiger charge is -2.24. The molecule has 2 aliphatic rings. The van der Waals surface area contributed by atoms with Crippen LogP contribution in [0, 0.1) is 5.92 Å². The summed E-state index contributed by atoms with van der Waals surface area (Å²) in [7, 11) is 0. The number of guanidine groups is 1. The van der Waals surface area contributed by atoms with Gasteiger partial charge in [-0.3, -0.25) is 14.5 Å². The average molecular weight is 391 g/mol. The normalized spacial score (nSPS) is 23.4. The van der Waals surface area contributed by atoms with Crippen LogP contribution in [0.4, 0.5) is 0 Å². The minimum absolute atomic E-state index is 0.00526. The summed E-state index contributed by atoms with van der Waals surface area (Å²) < 4.78 is 0. The number of nitrogens with zero attached hydrogens (tertiary/aromatic N) is 2. The smallest absolute Gasteiger partial charge is 0.257 e. The number of amides is 2. The molecule has 1 aliphatic carbocycles. The molecule has 3 N–H and O–H groups in total. The van der Waals surface area contributed by atoms with Gasteiger partial charge in [-0.1, -0.05) is 43.0 Å². The quantitative estimate of drug-likeness (QED) is 0.782. The molecule has 0 bridgehead atoms. The van der Waals surface area contributed by atoms with Crippen molar-refractivity contribution in [1.82, 2.24) is 10.2 Å². The Morgan fingerprint density at radius 1 is 1.37 bits per heavy atom. The highest BCUT2D eigenvalue weighted by atomic mass is 35.5. The third kappa shape index (κ3) is 4.80. The number of carbonyl (C=O) groups is 2. The molecular formula is C20H27ClN4O2. The maximum atomic E-state index is 12.9. The number of carbonyl (C=O) groups excluding carboxylic acids is 2. The van der Waals surface area contributed by atoms with Crippen molar-refractivity contribution in [3.8, 4) is 0 Å². The lowest BCUT2D eigenvalue weighted by atomic mass is 9.89. The predicted octanol–water partition coefficient (Wildman–Crippen LogP) is 2.84. The van der Waals surface area contributed by atoms with Gasteiger partial charge in [-0.15, -0.1) is 0 Å². The summed E-state index contributed by atoms with van der Waals surface area (Å²) in [5.41, 5.74) is 5.70. The molecule has 1 fully saturated rings. The van der Waals surface area contributed by atoms with Gasteiger partial charge < -0.3 is 11.1 Å². The SMILES string of the molecule is CC1(CC(=O)NCC2CCCCC2)N=C(N)N(Cc2cccc(Cl)c2)C1=O. The van der Waals surface area contributed by atoms with Crippen LogP contribution in [-0.4, -0.2) is 34.8 Å². The number of hydrogen-bond donors (Lipinski definition) is 2. The van der Waals surface area contributed by atoms with Gasteiger partial charge in [0.05, 0.1) is 13.0 Å². The highest BCUT2D eigenvalue weighted by molar-refractivity contribution is 6.30. The minimum Gasteiger partial charge on any atom is -0.369 e. The standard InChI is InChI=1S/C20H27ClN4O2/c1-20(11-17(26)23-12-14-6-3-2-4-7-14)18(27)25(19(22)24-20)13-15-8-5-9-16(21)10-15/h5,8-10,14H,2-4,6-7,11-13H2,1H3,(H2,22,24)(H,23,26). The maximum absolute atomic E-state index is 12.9. The van der Waals surface area contributed by atoms with Crippen molar-refractivity contribution in [2.45, 2.75) is 57.5 Å². The van der Waals surface area contributed by atoms with E-state index >= 15 is 0 Å². The molecule has 0 spiro atoms. The second-order valence-electron chi connectivity index (χ2n) is 7.75. The van der Waals surface area contributed by atoms with Gasteiger partial charge in [0, 0.05) is 11.6 Å². The summed E-state index contributed by atoms with van der Waals surface area (Å²) >= 11 is 6.01. The van der Waals surface area contributed by atoms with E-state index in [4.69, 9.17) is 17.3 Å². The number of aliphatic imine (C=N–C) groups is 1. The van der Waals surface area contributed by atoms with E-state index in [-0.39, 0.29) is 30.7 Å². The molecule has 1 atom stereocenters. The van der Waals surface area contributed by atoms with Crippen LogP contribution >= 0.6 is 11.6 Å². The molecule has 1 aromatic carbocycles. The van der Waals surface area contributed by atoms with Crippen molar-refractivity contribution in [3.63, 3.8) is 0 Å². The molecule has 1 aliphatic heterocycles. The highest BCUT2D eigenvalue weighted by Gasteiger charge is 2.45. The van der Waals surface area contributed by atoms with Crippen LogP contribution in [0.25, 0.3) is 0 Å². The topological polar surface area (TPSA) is 87.8 Å². The molecule has 3 rings (SSSR count). The average Bonchev–Trinajstić information content (AvgIpc) is 2.84. The number of halogens is 1. The number of benzene rings is 1. The van der Waals surface area contributed by atoms with Crippen LogP contribution in [0.2, 0.25) is 5.02 Å². The zero-order valence-corrected chi connectivity index (χ0v) is 16.5. The first-order valence-electron chi connectivity index (χ1n) is 9.56. The molecule has 1 saturated carbocycles. The Bertz CT molecular complexity index is 745.